The molecule has 1 aliphatic carbocycles. The summed E-state index contributed by atoms with van der Waals surface area (Å²) in [6.45, 7) is 4.76. The lowest BCUT2D eigenvalue weighted by Crippen LogP contribution is -2.32. The molecule has 3 aromatic rings. The SMILES string of the molecule is CC(C)n1ncc2c(C(=O)NC3CCOc4ccccc43)cc(C3CC3)nc21. The highest BCUT2D eigenvalue weighted by atomic mass is 16.5. The van der Waals surface area contributed by atoms with Gasteiger partial charge >= 0.3 is 0 Å². The van der Waals surface area contributed by atoms with Crippen LogP contribution in [0, 0.1) is 0 Å². The van der Waals surface area contributed by atoms with E-state index in [0.717, 1.165) is 47.3 Å². The van der Waals surface area contributed by atoms with Gasteiger partial charge in [0.1, 0.15) is 5.75 Å². The number of carbonyl (C=O) groups is 1. The molecule has 3 heterocycles. The third-order valence-corrected chi connectivity index (χ3v) is 5.58. The first-order valence-corrected chi connectivity index (χ1v) is 10.0. The minimum absolute atomic E-state index is 0.0508. The van der Waals surface area contributed by atoms with Gasteiger partial charge in [0.2, 0.25) is 0 Å². The first kappa shape index (κ1) is 17.2. The Morgan fingerprint density at radius 2 is 2.07 bits per heavy atom. The van der Waals surface area contributed by atoms with Crippen molar-refractivity contribution < 1.29 is 9.53 Å². The molecule has 1 amide bonds. The summed E-state index contributed by atoms with van der Waals surface area (Å²) in [5, 5.41) is 8.54. The van der Waals surface area contributed by atoms with E-state index in [1.54, 1.807) is 6.20 Å². The summed E-state index contributed by atoms with van der Waals surface area (Å²) < 4.78 is 7.63. The number of carbonyl (C=O) groups excluding carboxylic acids is 1. The number of rotatable bonds is 4. The van der Waals surface area contributed by atoms with E-state index in [0.29, 0.717) is 18.1 Å². The van der Waals surface area contributed by atoms with Crippen LogP contribution in [0.15, 0.2) is 36.5 Å². The lowest BCUT2D eigenvalue weighted by molar-refractivity contribution is 0.0926. The van der Waals surface area contributed by atoms with Crippen LogP contribution >= 0.6 is 0 Å². The lowest BCUT2D eigenvalue weighted by atomic mass is 9.99. The van der Waals surface area contributed by atoms with Crippen LogP contribution in [0.3, 0.4) is 0 Å². The standard InChI is InChI=1S/C22H24N4O2/c1-13(2)26-21-17(12-23-26)16(11-19(24-21)14-7-8-14)22(27)25-18-9-10-28-20-6-4-3-5-15(18)20/h3-6,11-14,18H,7-10H2,1-2H3,(H,25,27). The van der Waals surface area contributed by atoms with Crippen molar-refractivity contribution in [3.8, 4) is 5.75 Å². The van der Waals surface area contributed by atoms with Gasteiger partial charge in [-0.2, -0.15) is 5.10 Å². The number of fused-ring (bicyclic) bond motifs is 2. The number of aromatic nitrogens is 3. The molecule has 0 saturated heterocycles. The molecule has 6 heteroatoms. The van der Waals surface area contributed by atoms with E-state index in [1.165, 1.54) is 0 Å². The highest BCUT2D eigenvalue weighted by molar-refractivity contribution is 6.05. The number of nitrogens with zero attached hydrogens (tertiary/aromatic N) is 3. The minimum atomic E-state index is -0.0701. The monoisotopic (exact) mass is 376 g/mol. The van der Waals surface area contributed by atoms with Crippen LogP contribution in [-0.2, 0) is 0 Å². The van der Waals surface area contributed by atoms with Crippen molar-refractivity contribution >= 4 is 16.9 Å². The van der Waals surface area contributed by atoms with Crippen molar-refractivity contribution in [3.63, 3.8) is 0 Å². The average Bonchev–Trinajstić information content (AvgIpc) is 3.46. The van der Waals surface area contributed by atoms with Gasteiger partial charge in [0.15, 0.2) is 5.65 Å². The van der Waals surface area contributed by atoms with Crippen LogP contribution in [0.1, 0.15) is 72.7 Å². The van der Waals surface area contributed by atoms with E-state index >= 15 is 0 Å². The van der Waals surface area contributed by atoms with E-state index in [9.17, 15) is 4.79 Å². The van der Waals surface area contributed by atoms with Crippen LogP contribution in [0.25, 0.3) is 11.0 Å². The van der Waals surface area contributed by atoms with Crippen molar-refractivity contribution in [2.24, 2.45) is 0 Å². The number of ether oxygens (including phenoxy) is 1. The Kier molecular flexibility index (Phi) is 4.07. The highest BCUT2D eigenvalue weighted by Gasteiger charge is 2.29. The normalized spacial score (nSPS) is 18.8. The Balaban J connectivity index is 1.53. The molecule has 1 saturated carbocycles. The molecule has 1 fully saturated rings. The number of hydrogen-bond donors (Lipinski definition) is 1. The maximum Gasteiger partial charge on any atom is 0.252 e. The van der Waals surface area contributed by atoms with E-state index in [-0.39, 0.29) is 18.0 Å². The van der Waals surface area contributed by atoms with E-state index < -0.39 is 0 Å². The fourth-order valence-corrected chi connectivity index (χ4v) is 3.92. The lowest BCUT2D eigenvalue weighted by Gasteiger charge is -2.26. The van der Waals surface area contributed by atoms with Gasteiger partial charge in [-0.1, -0.05) is 18.2 Å². The maximum atomic E-state index is 13.3. The molecule has 0 spiro atoms. The summed E-state index contributed by atoms with van der Waals surface area (Å²) in [5.74, 6) is 1.25. The average molecular weight is 376 g/mol. The third-order valence-electron chi connectivity index (χ3n) is 5.58. The van der Waals surface area contributed by atoms with Gasteiger partial charge in [-0.15, -0.1) is 0 Å². The van der Waals surface area contributed by atoms with Gasteiger partial charge in [0.05, 0.1) is 29.8 Å². The summed E-state index contributed by atoms with van der Waals surface area (Å²) in [5.41, 5.74) is 3.51. The number of amides is 1. The molecular formula is C22H24N4O2. The molecule has 0 bridgehead atoms. The molecule has 1 N–H and O–H groups in total. The summed E-state index contributed by atoms with van der Waals surface area (Å²) in [4.78, 5) is 18.1. The topological polar surface area (TPSA) is 69.0 Å². The zero-order valence-electron chi connectivity index (χ0n) is 16.2. The van der Waals surface area contributed by atoms with Crippen molar-refractivity contribution in [3.05, 3.63) is 53.3 Å². The molecule has 1 atom stereocenters. The predicted octanol–water partition coefficient (Wildman–Crippen LogP) is 4.14. The van der Waals surface area contributed by atoms with E-state index in [1.807, 2.05) is 35.0 Å². The molecule has 2 aliphatic rings. The summed E-state index contributed by atoms with van der Waals surface area (Å²) in [6, 6.07) is 10.0. The van der Waals surface area contributed by atoms with E-state index in [4.69, 9.17) is 9.72 Å². The number of para-hydroxylation sites is 1. The molecular weight excluding hydrogens is 352 g/mol. The molecule has 1 aromatic carbocycles. The number of hydrogen-bond acceptors (Lipinski definition) is 4. The molecule has 5 rings (SSSR count). The second-order valence-electron chi connectivity index (χ2n) is 7.99. The zero-order chi connectivity index (χ0) is 19.3. The van der Waals surface area contributed by atoms with Crippen molar-refractivity contribution in [2.75, 3.05) is 6.61 Å². The van der Waals surface area contributed by atoms with Crippen molar-refractivity contribution in [1.29, 1.82) is 0 Å². The number of nitrogens with one attached hydrogen (secondary N) is 1. The fraction of sp³-hybridized carbons (Fsp3) is 0.409. The summed E-state index contributed by atoms with van der Waals surface area (Å²) in [7, 11) is 0. The van der Waals surface area contributed by atoms with Crippen LogP contribution in [0.4, 0.5) is 0 Å². The Morgan fingerprint density at radius 1 is 1.25 bits per heavy atom. The Bertz CT molecular complexity index is 1050. The number of pyridine rings is 1. The largest absolute Gasteiger partial charge is 0.493 e. The molecule has 1 aliphatic heterocycles. The maximum absolute atomic E-state index is 13.3. The Morgan fingerprint density at radius 3 is 2.86 bits per heavy atom. The smallest absolute Gasteiger partial charge is 0.252 e. The molecule has 144 valence electrons. The van der Waals surface area contributed by atoms with Crippen LogP contribution in [0.5, 0.6) is 5.75 Å². The minimum Gasteiger partial charge on any atom is -0.493 e. The van der Waals surface area contributed by atoms with Crippen LogP contribution in [-0.4, -0.2) is 27.3 Å². The first-order chi connectivity index (χ1) is 13.6. The van der Waals surface area contributed by atoms with Gasteiger partial charge in [-0.3, -0.25) is 4.79 Å². The number of benzene rings is 1. The molecule has 28 heavy (non-hydrogen) atoms. The Hall–Kier alpha value is -2.89. The van der Waals surface area contributed by atoms with Gasteiger partial charge < -0.3 is 10.1 Å². The second kappa shape index (κ2) is 6.62. The highest BCUT2D eigenvalue weighted by Crippen LogP contribution is 2.40. The van der Waals surface area contributed by atoms with Crippen molar-refractivity contribution in [2.45, 2.75) is 51.1 Å². The molecule has 0 radical (unpaired) electrons. The van der Waals surface area contributed by atoms with Gasteiger partial charge in [0.25, 0.3) is 5.91 Å². The second-order valence-corrected chi connectivity index (χ2v) is 7.99. The molecule has 6 nitrogen and oxygen atoms in total. The van der Waals surface area contributed by atoms with Gasteiger partial charge in [0, 0.05) is 29.6 Å². The summed E-state index contributed by atoms with van der Waals surface area (Å²) >= 11 is 0. The van der Waals surface area contributed by atoms with Crippen LogP contribution < -0.4 is 10.1 Å². The fourth-order valence-electron chi connectivity index (χ4n) is 3.92. The third kappa shape index (κ3) is 2.93. The quantitative estimate of drug-likeness (QED) is 0.743. The van der Waals surface area contributed by atoms with Crippen LogP contribution in [0.2, 0.25) is 0 Å². The predicted molar refractivity (Wildman–Crippen MR) is 107 cm³/mol. The molecule has 1 unspecified atom stereocenters. The van der Waals surface area contributed by atoms with Gasteiger partial charge in [-0.05, 0) is 38.8 Å². The molecule has 2 aromatic heterocycles. The summed E-state index contributed by atoms with van der Waals surface area (Å²) in [6.07, 6.45) is 4.81. The van der Waals surface area contributed by atoms with Crippen molar-refractivity contribution in [1.82, 2.24) is 20.1 Å². The zero-order valence-corrected chi connectivity index (χ0v) is 16.2. The van der Waals surface area contributed by atoms with E-state index in [2.05, 4.69) is 24.3 Å². The first-order valence-electron chi connectivity index (χ1n) is 10.0. The Labute approximate surface area is 163 Å². The van der Waals surface area contributed by atoms with Gasteiger partial charge in [-0.25, -0.2) is 9.67 Å².